The molecule has 0 unspecified atom stereocenters. The third-order valence-corrected chi connectivity index (χ3v) is 3.36. The zero-order valence-electron chi connectivity index (χ0n) is 12.6. The van der Waals surface area contributed by atoms with Gasteiger partial charge in [-0.05, 0) is 38.5 Å². The molecule has 0 atom stereocenters. The summed E-state index contributed by atoms with van der Waals surface area (Å²) in [5.41, 5.74) is 2.01. The standard InChI is InChI=1S/C17H23NO2/c1-17(2,3)16(19)20-13-10-14-6-8-15(9-7-14)18-11-4-5-12-18/h4-9H,10-13H2,1-3H3. The highest BCUT2D eigenvalue weighted by molar-refractivity contribution is 5.75. The fraction of sp³-hybridized carbons (Fsp3) is 0.471. The van der Waals surface area contributed by atoms with Crippen molar-refractivity contribution in [1.82, 2.24) is 0 Å². The lowest BCUT2D eigenvalue weighted by Crippen LogP contribution is -2.23. The van der Waals surface area contributed by atoms with E-state index in [0.29, 0.717) is 6.61 Å². The van der Waals surface area contributed by atoms with E-state index in [-0.39, 0.29) is 5.97 Å². The molecule has 0 saturated heterocycles. The van der Waals surface area contributed by atoms with Crippen molar-refractivity contribution < 1.29 is 9.53 Å². The molecule has 2 rings (SSSR count). The molecule has 20 heavy (non-hydrogen) atoms. The van der Waals surface area contributed by atoms with Gasteiger partial charge in [0.25, 0.3) is 0 Å². The van der Waals surface area contributed by atoms with Crippen molar-refractivity contribution in [2.45, 2.75) is 27.2 Å². The third-order valence-electron chi connectivity index (χ3n) is 3.36. The first-order chi connectivity index (χ1) is 9.47. The van der Waals surface area contributed by atoms with Gasteiger partial charge in [-0.3, -0.25) is 4.79 Å². The number of carbonyl (C=O) groups excluding carboxylic acids is 1. The summed E-state index contributed by atoms with van der Waals surface area (Å²) in [6.07, 6.45) is 5.13. The van der Waals surface area contributed by atoms with Crippen molar-refractivity contribution in [2.24, 2.45) is 5.41 Å². The second kappa shape index (κ2) is 6.12. The number of ether oxygens (including phenoxy) is 1. The minimum Gasteiger partial charge on any atom is -0.465 e. The summed E-state index contributed by atoms with van der Waals surface area (Å²) < 4.78 is 5.28. The fourth-order valence-electron chi connectivity index (χ4n) is 2.04. The van der Waals surface area contributed by atoms with Crippen LogP contribution in [0.2, 0.25) is 0 Å². The van der Waals surface area contributed by atoms with E-state index < -0.39 is 5.41 Å². The molecule has 0 radical (unpaired) electrons. The number of benzene rings is 1. The molecule has 1 aromatic rings. The van der Waals surface area contributed by atoms with Crippen LogP contribution in [0.4, 0.5) is 5.69 Å². The van der Waals surface area contributed by atoms with E-state index in [1.165, 1.54) is 11.3 Å². The molecule has 0 spiro atoms. The maximum atomic E-state index is 11.6. The van der Waals surface area contributed by atoms with Crippen LogP contribution >= 0.6 is 0 Å². The van der Waals surface area contributed by atoms with Crippen LogP contribution < -0.4 is 4.90 Å². The average molecular weight is 273 g/mol. The second-order valence-electron chi connectivity index (χ2n) is 6.18. The molecule has 1 heterocycles. The monoisotopic (exact) mass is 273 g/mol. The predicted octanol–water partition coefficient (Wildman–Crippen LogP) is 3.19. The largest absolute Gasteiger partial charge is 0.465 e. The van der Waals surface area contributed by atoms with Gasteiger partial charge in [0.05, 0.1) is 12.0 Å². The van der Waals surface area contributed by atoms with Crippen molar-refractivity contribution in [3.05, 3.63) is 42.0 Å². The van der Waals surface area contributed by atoms with Crippen molar-refractivity contribution in [2.75, 3.05) is 24.6 Å². The smallest absolute Gasteiger partial charge is 0.311 e. The van der Waals surface area contributed by atoms with E-state index in [2.05, 4.69) is 41.3 Å². The highest BCUT2D eigenvalue weighted by Gasteiger charge is 2.22. The zero-order valence-corrected chi connectivity index (χ0v) is 12.6. The van der Waals surface area contributed by atoms with E-state index in [4.69, 9.17) is 4.74 Å². The number of hydrogen-bond donors (Lipinski definition) is 0. The van der Waals surface area contributed by atoms with E-state index in [1.807, 2.05) is 20.8 Å². The summed E-state index contributed by atoms with van der Waals surface area (Å²) in [5, 5.41) is 0. The minimum atomic E-state index is -0.424. The molecule has 3 nitrogen and oxygen atoms in total. The Balaban J connectivity index is 1.81. The van der Waals surface area contributed by atoms with Crippen LogP contribution in [0.1, 0.15) is 26.3 Å². The topological polar surface area (TPSA) is 29.5 Å². The Kier molecular flexibility index (Phi) is 4.48. The summed E-state index contributed by atoms with van der Waals surface area (Å²) in [6.45, 7) is 8.03. The molecule has 108 valence electrons. The Morgan fingerprint density at radius 2 is 1.75 bits per heavy atom. The van der Waals surface area contributed by atoms with Crippen molar-refractivity contribution in [1.29, 1.82) is 0 Å². The first-order valence-corrected chi connectivity index (χ1v) is 7.13. The van der Waals surface area contributed by atoms with Crippen LogP contribution in [0.25, 0.3) is 0 Å². The molecule has 0 aromatic heterocycles. The second-order valence-corrected chi connectivity index (χ2v) is 6.18. The Morgan fingerprint density at radius 1 is 1.15 bits per heavy atom. The van der Waals surface area contributed by atoms with Crippen molar-refractivity contribution >= 4 is 11.7 Å². The zero-order chi connectivity index (χ0) is 14.6. The molecule has 0 bridgehead atoms. The predicted molar refractivity (Wildman–Crippen MR) is 81.9 cm³/mol. The SMILES string of the molecule is CC(C)(C)C(=O)OCCc1ccc(N2CC=CC2)cc1. The summed E-state index contributed by atoms with van der Waals surface area (Å²) >= 11 is 0. The highest BCUT2D eigenvalue weighted by Crippen LogP contribution is 2.18. The molecular weight excluding hydrogens is 250 g/mol. The number of nitrogens with zero attached hydrogens (tertiary/aromatic N) is 1. The number of esters is 1. The molecule has 1 aromatic carbocycles. The van der Waals surface area contributed by atoms with E-state index in [1.54, 1.807) is 0 Å². The third kappa shape index (κ3) is 3.86. The normalized spacial score (nSPS) is 14.7. The van der Waals surface area contributed by atoms with Gasteiger partial charge in [0, 0.05) is 25.2 Å². The van der Waals surface area contributed by atoms with E-state index in [9.17, 15) is 4.79 Å². The van der Waals surface area contributed by atoms with Gasteiger partial charge in [-0.15, -0.1) is 0 Å². The summed E-state index contributed by atoms with van der Waals surface area (Å²) in [6, 6.07) is 8.49. The summed E-state index contributed by atoms with van der Waals surface area (Å²) in [7, 11) is 0. The van der Waals surface area contributed by atoms with Gasteiger partial charge in [-0.2, -0.15) is 0 Å². The van der Waals surface area contributed by atoms with Crippen LogP contribution in [0, 0.1) is 5.41 Å². The van der Waals surface area contributed by atoms with Gasteiger partial charge in [0.1, 0.15) is 0 Å². The molecule has 0 aliphatic carbocycles. The maximum Gasteiger partial charge on any atom is 0.311 e. The van der Waals surface area contributed by atoms with Crippen LogP contribution in [0.5, 0.6) is 0 Å². The average Bonchev–Trinajstić information content (AvgIpc) is 2.92. The van der Waals surface area contributed by atoms with Gasteiger partial charge < -0.3 is 9.64 Å². The lowest BCUT2D eigenvalue weighted by molar-refractivity contribution is -0.152. The molecule has 0 saturated carbocycles. The van der Waals surface area contributed by atoms with Crippen molar-refractivity contribution in [3.8, 4) is 0 Å². The van der Waals surface area contributed by atoms with E-state index in [0.717, 1.165) is 19.5 Å². The first kappa shape index (κ1) is 14.6. The molecule has 0 N–H and O–H groups in total. The van der Waals surface area contributed by atoms with E-state index >= 15 is 0 Å². The Labute approximate surface area is 121 Å². The summed E-state index contributed by atoms with van der Waals surface area (Å²) in [4.78, 5) is 14.0. The highest BCUT2D eigenvalue weighted by atomic mass is 16.5. The number of hydrogen-bond acceptors (Lipinski definition) is 3. The van der Waals surface area contributed by atoms with Crippen molar-refractivity contribution in [3.63, 3.8) is 0 Å². The number of carbonyl (C=O) groups is 1. The van der Waals surface area contributed by atoms with Gasteiger partial charge in [0.2, 0.25) is 0 Å². The molecule has 0 amide bonds. The van der Waals surface area contributed by atoms with Gasteiger partial charge in [-0.1, -0.05) is 24.3 Å². The molecular formula is C17H23NO2. The number of anilines is 1. The number of rotatable bonds is 4. The maximum absolute atomic E-state index is 11.6. The summed E-state index contributed by atoms with van der Waals surface area (Å²) in [5.74, 6) is -0.141. The first-order valence-electron chi connectivity index (χ1n) is 7.13. The fourth-order valence-corrected chi connectivity index (χ4v) is 2.04. The lowest BCUT2D eigenvalue weighted by Gasteiger charge is -2.18. The van der Waals surface area contributed by atoms with Crippen LogP contribution in [-0.2, 0) is 16.0 Å². The lowest BCUT2D eigenvalue weighted by atomic mass is 9.97. The minimum absolute atomic E-state index is 0.141. The Morgan fingerprint density at radius 3 is 2.30 bits per heavy atom. The molecule has 1 aliphatic heterocycles. The Bertz CT molecular complexity index is 475. The van der Waals surface area contributed by atoms with Gasteiger partial charge >= 0.3 is 5.97 Å². The van der Waals surface area contributed by atoms with Crippen LogP contribution in [0.15, 0.2) is 36.4 Å². The van der Waals surface area contributed by atoms with Gasteiger partial charge in [-0.25, -0.2) is 0 Å². The Hall–Kier alpha value is -1.77. The molecule has 1 aliphatic rings. The quantitative estimate of drug-likeness (QED) is 0.623. The van der Waals surface area contributed by atoms with Gasteiger partial charge in [0.15, 0.2) is 0 Å². The molecule has 0 fully saturated rings. The van der Waals surface area contributed by atoms with Crippen LogP contribution in [-0.4, -0.2) is 25.7 Å². The molecule has 3 heteroatoms. The van der Waals surface area contributed by atoms with Crippen LogP contribution in [0.3, 0.4) is 0 Å².